The molecule has 24 heavy (non-hydrogen) atoms. The van der Waals surface area contributed by atoms with Gasteiger partial charge in [0.15, 0.2) is 0 Å². The van der Waals surface area contributed by atoms with Gasteiger partial charge in [-0.1, -0.05) is 36.0 Å². The smallest absolute Gasteiger partial charge is 0.224 e. The van der Waals surface area contributed by atoms with Crippen molar-refractivity contribution in [1.82, 2.24) is 10.2 Å². The molecule has 0 saturated heterocycles. The van der Waals surface area contributed by atoms with Crippen molar-refractivity contribution in [2.24, 2.45) is 0 Å². The molecule has 1 amide bonds. The number of para-hydroxylation sites is 2. The van der Waals surface area contributed by atoms with Crippen molar-refractivity contribution in [2.45, 2.75) is 16.2 Å². The predicted molar refractivity (Wildman–Crippen MR) is 100 cm³/mol. The molecule has 1 aliphatic heterocycles. The van der Waals surface area contributed by atoms with Crippen LogP contribution in [0.15, 0.2) is 58.3 Å². The predicted octanol–water partition coefficient (Wildman–Crippen LogP) is 3.36. The topological polar surface area (TPSA) is 35.6 Å². The van der Waals surface area contributed by atoms with Crippen LogP contribution in [0.25, 0.3) is 0 Å². The minimum atomic E-state index is 0.179. The minimum Gasteiger partial charge on any atom is -0.344 e. The van der Waals surface area contributed by atoms with Crippen LogP contribution in [0.2, 0.25) is 0 Å². The normalized spacial score (nSPS) is 12.5. The molecule has 0 aliphatic carbocycles. The molecular formula is C19H23N3OS. The zero-order chi connectivity index (χ0) is 16.9. The third-order valence-corrected chi connectivity index (χ3v) is 5.33. The molecule has 0 fully saturated rings. The number of fused-ring (bicyclic) bond motifs is 2. The lowest BCUT2D eigenvalue weighted by Crippen LogP contribution is -2.35. The van der Waals surface area contributed by atoms with Crippen LogP contribution in [0.5, 0.6) is 0 Å². The lowest BCUT2D eigenvalue weighted by Gasteiger charge is -2.33. The zero-order valence-electron chi connectivity index (χ0n) is 14.2. The number of hydrogen-bond acceptors (Lipinski definition) is 4. The number of likely N-dealkylation sites (N-methyl/N-ethyl adjacent to an activating group) is 2. The fraction of sp³-hybridized carbons (Fsp3) is 0.316. The molecule has 0 aromatic heterocycles. The van der Waals surface area contributed by atoms with E-state index in [1.807, 2.05) is 14.1 Å². The number of nitrogens with one attached hydrogen (secondary N) is 1. The summed E-state index contributed by atoms with van der Waals surface area (Å²) in [5.41, 5.74) is 2.37. The summed E-state index contributed by atoms with van der Waals surface area (Å²) in [6, 6.07) is 16.8. The van der Waals surface area contributed by atoms with Crippen molar-refractivity contribution in [3.8, 4) is 0 Å². The van der Waals surface area contributed by atoms with Gasteiger partial charge >= 0.3 is 0 Å². The number of carbonyl (C=O) groups is 1. The molecular weight excluding hydrogens is 318 g/mol. The highest BCUT2D eigenvalue weighted by molar-refractivity contribution is 7.99. The summed E-state index contributed by atoms with van der Waals surface area (Å²) < 4.78 is 0. The van der Waals surface area contributed by atoms with Crippen LogP contribution < -0.4 is 10.2 Å². The van der Waals surface area contributed by atoms with Gasteiger partial charge in [-0.15, -0.1) is 0 Å². The van der Waals surface area contributed by atoms with E-state index in [4.69, 9.17) is 0 Å². The summed E-state index contributed by atoms with van der Waals surface area (Å²) in [6.45, 7) is 2.24. The molecule has 0 radical (unpaired) electrons. The fourth-order valence-corrected chi connectivity index (χ4v) is 3.92. The number of anilines is 2. The Bertz CT molecular complexity index is 674. The number of nitrogens with zero attached hydrogens (tertiary/aromatic N) is 2. The molecule has 2 aromatic rings. The van der Waals surface area contributed by atoms with E-state index in [0.29, 0.717) is 13.0 Å². The van der Waals surface area contributed by atoms with Gasteiger partial charge in [0, 0.05) is 42.9 Å². The molecule has 2 aromatic carbocycles. The SMILES string of the molecule is CNCCN(C)C(=O)CCN1c2ccccc2Sc2ccccc21. The van der Waals surface area contributed by atoms with Gasteiger partial charge in [0.2, 0.25) is 5.91 Å². The van der Waals surface area contributed by atoms with E-state index in [2.05, 4.69) is 58.7 Å². The Hall–Kier alpha value is -1.98. The van der Waals surface area contributed by atoms with E-state index < -0.39 is 0 Å². The molecule has 1 N–H and O–H groups in total. The largest absolute Gasteiger partial charge is 0.344 e. The Morgan fingerprint density at radius 1 is 1.08 bits per heavy atom. The van der Waals surface area contributed by atoms with Crippen molar-refractivity contribution in [1.29, 1.82) is 0 Å². The highest BCUT2D eigenvalue weighted by atomic mass is 32.2. The fourth-order valence-electron chi connectivity index (χ4n) is 2.82. The molecule has 1 heterocycles. The lowest BCUT2D eigenvalue weighted by atomic mass is 10.2. The van der Waals surface area contributed by atoms with Gasteiger partial charge in [0.1, 0.15) is 0 Å². The first-order valence-electron chi connectivity index (χ1n) is 8.22. The number of rotatable bonds is 6. The zero-order valence-corrected chi connectivity index (χ0v) is 15.0. The Balaban J connectivity index is 1.77. The van der Waals surface area contributed by atoms with Crippen molar-refractivity contribution in [3.63, 3.8) is 0 Å². The Morgan fingerprint density at radius 3 is 2.25 bits per heavy atom. The summed E-state index contributed by atoms with van der Waals surface area (Å²) in [5, 5.41) is 3.08. The first-order chi connectivity index (χ1) is 11.7. The van der Waals surface area contributed by atoms with E-state index >= 15 is 0 Å². The van der Waals surface area contributed by atoms with Gasteiger partial charge in [0.05, 0.1) is 11.4 Å². The average molecular weight is 341 g/mol. The third-order valence-electron chi connectivity index (χ3n) is 4.20. The molecule has 0 saturated carbocycles. The summed E-state index contributed by atoms with van der Waals surface area (Å²) in [7, 11) is 3.77. The third kappa shape index (κ3) is 3.57. The van der Waals surface area contributed by atoms with E-state index in [-0.39, 0.29) is 5.91 Å². The Kier molecular flexibility index (Phi) is 5.43. The number of benzene rings is 2. The maximum atomic E-state index is 12.4. The van der Waals surface area contributed by atoms with Crippen LogP contribution in [0.1, 0.15) is 6.42 Å². The summed E-state index contributed by atoms with van der Waals surface area (Å²) in [6.07, 6.45) is 0.507. The Morgan fingerprint density at radius 2 is 1.67 bits per heavy atom. The average Bonchev–Trinajstić information content (AvgIpc) is 2.62. The summed E-state index contributed by atoms with van der Waals surface area (Å²) in [4.78, 5) is 18.9. The highest BCUT2D eigenvalue weighted by Gasteiger charge is 2.23. The quantitative estimate of drug-likeness (QED) is 0.874. The van der Waals surface area contributed by atoms with Crippen molar-refractivity contribution >= 4 is 29.0 Å². The maximum Gasteiger partial charge on any atom is 0.224 e. The first-order valence-corrected chi connectivity index (χ1v) is 9.04. The van der Waals surface area contributed by atoms with Crippen LogP contribution in [-0.4, -0.2) is 44.5 Å². The molecule has 3 rings (SSSR count). The number of hydrogen-bond donors (Lipinski definition) is 1. The van der Waals surface area contributed by atoms with E-state index in [1.165, 1.54) is 21.2 Å². The summed E-state index contributed by atoms with van der Waals surface area (Å²) in [5.74, 6) is 0.179. The highest BCUT2D eigenvalue weighted by Crippen LogP contribution is 2.47. The van der Waals surface area contributed by atoms with E-state index in [1.54, 1.807) is 16.7 Å². The second-order valence-corrected chi connectivity index (χ2v) is 6.94. The van der Waals surface area contributed by atoms with Crippen molar-refractivity contribution < 1.29 is 4.79 Å². The number of amides is 1. The maximum absolute atomic E-state index is 12.4. The summed E-state index contributed by atoms with van der Waals surface area (Å²) >= 11 is 1.79. The van der Waals surface area contributed by atoms with Gasteiger partial charge < -0.3 is 15.1 Å². The van der Waals surface area contributed by atoms with Gasteiger partial charge in [0.25, 0.3) is 0 Å². The number of carbonyl (C=O) groups excluding carboxylic acids is 1. The van der Waals surface area contributed by atoms with Crippen LogP contribution in [0.3, 0.4) is 0 Å². The second kappa shape index (κ2) is 7.73. The molecule has 1 aliphatic rings. The Labute approximate surface area is 147 Å². The van der Waals surface area contributed by atoms with Crippen LogP contribution in [0.4, 0.5) is 11.4 Å². The molecule has 0 atom stereocenters. The van der Waals surface area contributed by atoms with Crippen LogP contribution in [0, 0.1) is 0 Å². The first kappa shape index (κ1) is 16.9. The lowest BCUT2D eigenvalue weighted by molar-refractivity contribution is -0.129. The van der Waals surface area contributed by atoms with Gasteiger partial charge in [-0.05, 0) is 31.3 Å². The van der Waals surface area contributed by atoms with Gasteiger partial charge in [-0.2, -0.15) is 0 Å². The van der Waals surface area contributed by atoms with E-state index in [9.17, 15) is 4.79 Å². The molecule has 0 spiro atoms. The van der Waals surface area contributed by atoms with Crippen molar-refractivity contribution in [2.75, 3.05) is 38.6 Å². The second-order valence-electron chi connectivity index (χ2n) is 5.86. The minimum absolute atomic E-state index is 0.179. The molecule has 5 heteroatoms. The standard InChI is InChI=1S/C19H23N3OS/c1-20-12-14-21(2)19(23)11-13-22-15-7-3-5-9-17(15)24-18-10-6-4-8-16(18)22/h3-10,20H,11-14H2,1-2H3. The van der Waals surface area contributed by atoms with Gasteiger partial charge in [-0.25, -0.2) is 0 Å². The molecule has 4 nitrogen and oxygen atoms in total. The van der Waals surface area contributed by atoms with Crippen LogP contribution in [-0.2, 0) is 4.79 Å². The molecule has 126 valence electrons. The molecule has 0 unspecified atom stereocenters. The van der Waals surface area contributed by atoms with Crippen molar-refractivity contribution in [3.05, 3.63) is 48.5 Å². The van der Waals surface area contributed by atoms with Gasteiger partial charge in [-0.3, -0.25) is 4.79 Å². The van der Waals surface area contributed by atoms with E-state index in [0.717, 1.165) is 13.1 Å². The molecule has 0 bridgehead atoms. The monoisotopic (exact) mass is 341 g/mol. The van der Waals surface area contributed by atoms with Crippen LogP contribution >= 0.6 is 11.8 Å².